The average Bonchev–Trinajstić information content (AvgIpc) is 2.75. The largest absolute Gasteiger partial charge is 0.418 e. The van der Waals surface area contributed by atoms with Crippen LogP contribution in [-0.2, 0) is 20.6 Å². The van der Waals surface area contributed by atoms with Gasteiger partial charge in [0, 0.05) is 5.92 Å². The lowest BCUT2D eigenvalue weighted by molar-refractivity contribution is -0.168. The minimum atomic E-state index is -4.63. The van der Waals surface area contributed by atoms with E-state index in [1.54, 1.807) is 6.92 Å². The predicted octanol–water partition coefficient (Wildman–Crippen LogP) is 3.46. The van der Waals surface area contributed by atoms with Crippen LogP contribution >= 0.6 is 0 Å². The van der Waals surface area contributed by atoms with Gasteiger partial charge in [-0.05, 0) is 30.4 Å². The molecule has 2 bridgehead atoms. The van der Waals surface area contributed by atoms with Crippen LogP contribution in [0, 0.1) is 16.7 Å². The molecule has 1 N–H and O–H groups in total. The van der Waals surface area contributed by atoms with Crippen molar-refractivity contribution in [2.75, 3.05) is 11.9 Å². The predicted molar refractivity (Wildman–Crippen MR) is 91.4 cm³/mol. The number of rotatable bonds is 3. The Balaban J connectivity index is 1.80. The van der Waals surface area contributed by atoms with E-state index in [0.29, 0.717) is 12.8 Å². The van der Waals surface area contributed by atoms with Gasteiger partial charge in [-0.3, -0.25) is 19.3 Å². The van der Waals surface area contributed by atoms with Gasteiger partial charge in [-0.2, -0.15) is 13.2 Å². The number of fused-ring (bicyclic) bond motifs is 2. The summed E-state index contributed by atoms with van der Waals surface area (Å²) >= 11 is 0. The molecule has 1 aromatic rings. The Morgan fingerprint density at radius 1 is 1.22 bits per heavy atom. The first-order valence-corrected chi connectivity index (χ1v) is 8.71. The van der Waals surface area contributed by atoms with Gasteiger partial charge in [0.25, 0.3) is 0 Å². The first-order valence-electron chi connectivity index (χ1n) is 8.71. The van der Waals surface area contributed by atoms with Crippen molar-refractivity contribution in [1.82, 2.24) is 4.90 Å². The van der Waals surface area contributed by atoms with Gasteiger partial charge in [0.2, 0.25) is 17.7 Å². The maximum atomic E-state index is 13.1. The highest BCUT2D eigenvalue weighted by Crippen LogP contribution is 2.59. The number of carbonyl (C=O) groups is 3. The van der Waals surface area contributed by atoms with Gasteiger partial charge in [-0.25, -0.2) is 0 Å². The molecule has 27 heavy (non-hydrogen) atoms. The molecule has 0 aromatic heterocycles. The topological polar surface area (TPSA) is 66.5 Å². The van der Waals surface area contributed by atoms with E-state index in [-0.39, 0.29) is 5.92 Å². The molecule has 3 rings (SSSR count). The Hall–Kier alpha value is -2.38. The lowest BCUT2D eigenvalue weighted by atomic mass is 9.62. The van der Waals surface area contributed by atoms with Crippen molar-refractivity contribution in [2.45, 2.75) is 39.8 Å². The van der Waals surface area contributed by atoms with E-state index >= 15 is 0 Å². The fourth-order valence-electron chi connectivity index (χ4n) is 4.22. The van der Waals surface area contributed by atoms with Gasteiger partial charge in [0.15, 0.2) is 0 Å². The zero-order valence-electron chi connectivity index (χ0n) is 15.3. The van der Waals surface area contributed by atoms with E-state index in [4.69, 9.17) is 0 Å². The van der Waals surface area contributed by atoms with Gasteiger partial charge in [-0.1, -0.05) is 32.9 Å². The van der Waals surface area contributed by atoms with E-state index in [0.717, 1.165) is 17.0 Å². The quantitative estimate of drug-likeness (QED) is 0.815. The number of para-hydroxylation sites is 1. The van der Waals surface area contributed by atoms with Crippen molar-refractivity contribution in [2.24, 2.45) is 16.7 Å². The van der Waals surface area contributed by atoms with Crippen LogP contribution in [0.25, 0.3) is 0 Å². The maximum absolute atomic E-state index is 13.1. The number of likely N-dealkylation sites (tertiary alicyclic amines) is 1. The van der Waals surface area contributed by atoms with Gasteiger partial charge in [0.05, 0.1) is 16.7 Å². The average molecular weight is 382 g/mol. The number of piperidine rings is 1. The van der Waals surface area contributed by atoms with E-state index in [1.807, 2.05) is 13.8 Å². The molecule has 3 amide bonds. The van der Waals surface area contributed by atoms with Crippen molar-refractivity contribution in [3.63, 3.8) is 0 Å². The molecular weight excluding hydrogens is 361 g/mol. The maximum Gasteiger partial charge on any atom is 0.418 e. The smallest absolute Gasteiger partial charge is 0.324 e. The van der Waals surface area contributed by atoms with Crippen LogP contribution in [0.2, 0.25) is 0 Å². The molecule has 0 radical (unpaired) electrons. The number of halogens is 3. The first kappa shape index (κ1) is 19.4. The van der Waals surface area contributed by atoms with Crippen molar-refractivity contribution in [3.05, 3.63) is 29.8 Å². The van der Waals surface area contributed by atoms with Gasteiger partial charge in [0.1, 0.15) is 6.54 Å². The number of hydrogen-bond donors (Lipinski definition) is 1. The summed E-state index contributed by atoms with van der Waals surface area (Å²) in [7, 11) is 0. The molecule has 5 nitrogen and oxygen atoms in total. The Labute approximate surface area is 154 Å². The highest BCUT2D eigenvalue weighted by Gasteiger charge is 2.64. The molecule has 1 heterocycles. The van der Waals surface area contributed by atoms with Crippen LogP contribution in [0.5, 0.6) is 0 Å². The van der Waals surface area contributed by atoms with E-state index in [1.165, 1.54) is 12.1 Å². The second-order valence-electron chi connectivity index (χ2n) is 7.97. The monoisotopic (exact) mass is 382 g/mol. The highest BCUT2D eigenvalue weighted by molar-refractivity contribution is 6.07. The molecule has 2 atom stereocenters. The zero-order valence-corrected chi connectivity index (χ0v) is 15.3. The lowest BCUT2D eigenvalue weighted by Crippen LogP contribution is -2.60. The van der Waals surface area contributed by atoms with E-state index in [2.05, 4.69) is 5.32 Å². The molecular formula is C19H21F3N2O3. The summed E-state index contributed by atoms with van der Waals surface area (Å²) in [5.41, 5.74) is -2.67. The fourth-order valence-corrected chi connectivity index (χ4v) is 4.22. The summed E-state index contributed by atoms with van der Waals surface area (Å²) in [5, 5.41) is 2.18. The highest BCUT2D eigenvalue weighted by atomic mass is 19.4. The molecule has 2 aliphatic rings. The van der Waals surface area contributed by atoms with Gasteiger partial charge in [-0.15, -0.1) is 0 Å². The lowest BCUT2D eigenvalue weighted by Gasteiger charge is -2.47. The van der Waals surface area contributed by atoms with E-state index in [9.17, 15) is 27.6 Å². The Morgan fingerprint density at radius 3 is 2.48 bits per heavy atom. The van der Waals surface area contributed by atoms with Crippen molar-refractivity contribution >= 4 is 23.4 Å². The second kappa shape index (κ2) is 6.07. The number of hydrogen-bond acceptors (Lipinski definition) is 3. The summed E-state index contributed by atoms with van der Waals surface area (Å²) in [4.78, 5) is 38.8. The third-order valence-electron chi connectivity index (χ3n) is 6.32. The Bertz CT molecular complexity index is 819. The number of nitrogens with zero attached hydrogens (tertiary/aromatic N) is 1. The van der Waals surface area contributed by atoms with Crippen LogP contribution in [0.1, 0.15) is 39.2 Å². The molecule has 2 fully saturated rings. The first-order chi connectivity index (χ1) is 12.4. The number of amides is 3. The number of alkyl halides is 3. The third-order valence-corrected chi connectivity index (χ3v) is 6.32. The van der Waals surface area contributed by atoms with Crippen LogP contribution in [-0.4, -0.2) is 29.2 Å². The minimum Gasteiger partial charge on any atom is -0.324 e. The summed E-state index contributed by atoms with van der Waals surface area (Å²) in [6, 6.07) is 4.58. The number of benzene rings is 1. The summed E-state index contributed by atoms with van der Waals surface area (Å²) < 4.78 is 39.2. The molecule has 1 aromatic carbocycles. The third kappa shape index (κ3) is 2.91. The molecule has 8 heteroatoms. The van der Waals surface area contributed by atoms with Crippen molar-refractivity contribution in [1.29, 1.82) is 0 Å². The van der Waals surface area contributed by atoms with Crippen LogP contribution in [0.15, 0.2) is 24.3 Å². The van der Waals surface area contributed by atoms with Gasteiger partial charge >= 0.3 is 6.18 Å². The fraction of sp³-hybridized carbons (Fsp3) is 0.526. The number of carbonyl (C=O) groups excluding carboxylic acids is 3. The molecule has 0 spiro atoms. The normalized spacial score (nSPS) is 27.0. The number of anilines is 1. The van der Waals surface area contributed by atoms with Crippen LogP contribution in [0.3, 0.4) is 0 Å². The molecule has 1 aliphatic carbocycles. The Morgan fingerprint density at radius 2 is 1.85 bits per heavy atom. The number of nitrogens with one attached hydrogen (secondary N) is 1. The Kier molecular flexibility index (Phi) is 4.36. The molecule has 1 saturated carbocycles. The van der Waals surface area contributed by atoms with Crippen molar-refractivity contribution in [3.8, 4) is 0 Å². The molecule has 1 saturated heterocycles. The summed E-state index contributed by atoms with van der Waals surface area (Å²) in [5.74, 6) is -2.09. The SMILES string of the molecule is CC12CCC(C(=O)N(CC(=O)Nc3ccccc3C(F)(F)F)C1=O)C2(C)C. The second-order valence-corrected chi connectivity index (χ2v) is 7.97. The molecule has 2 unspecified atom stereocenters. The number of imide groups is 1. The summed E-state index contributed by atoms with van der Waals surface area (Å²) in [6.07, 6.45) is -3.52. The van der Waals surface area contributed by atoms with Crippen LogP contribution in [0.4, 0.5) is 18.9 Å². The molecule has 146 valence electrons. The van der Waals surface area contributed by atoms with Crippen molar-refractivity contribution < 1.29 is 27.6 Å². The molecule has 1 aliphatic heterocycles. The van der Waals surface area contributed by atoms with Crippen LogP contribution < -0.4 is 5.32 Å². The van der Waals surface area contributed by atoms with Gasteiger partial charge < -0.3 is 5.32 Å². The summed E-state index contributed by atoms with van der Waals surface area (Å²) in [6.45, 7) is 4.94. The zero-order chi connectivity index (χ0) is 20.2. The van der Waals surface area contributed by atoms with E-state index < -0.39 is 52.5 Å². The minimum absolute atomic E-state index is 0.379. The standard InChI is InChI=1S/C19H21F3N2O3/c1-17(2)12-8-9-18(17,3)16(27)24(15(12)26)10-14(25)23-13-7-5-4-6-11(13)19(20,21)22/h4-7,12H,8-10H2,1-3H3,(H,23,25).